The van der Waals surface area contributed by atoms with Crippen LogP contribution in [-0.4, -0.2) is 35.9 Å². The van der Waals surface area contributed by atoms with Crippen molar-refractivity contribution in [1.29, 1.82) is 0 Å². The lowest BCUT2D eigenvalue weighted by molar-refractivity contribution is -0.129. The van der Waals surface area contributed by atoms with Crippen molar-refractivity contribution in [3.8, 4) is 0 Å². The number of hydrogen-bond donors (Lipinski definition) is 1. The second-order valence-electron chi connectivity index (χ2n) is 3.80. The number of aromatic nitrogens is 1. The summed E-state index contributed by atoms with van der Waals surface area (Å²) in [6, 6.07) is -1.05. The highest BCUT2D eigenvalue weighted by Crippen LogP contribution is 2.22. The van der Waals surface area contributed by atoms with E-state index in [4.69, 9.17) is 0 Å². The minimum atomic E-state index is -1.78. The molecule has 4 nitrogen and oxygen atoms in total. The summed E-state index contributed by atoms with van der Waals surface area (Å²) >= 11 is 0. The third-order valence-corrected chi connectivity index (χ3v) is 2.17. The normalized spacial score (nSPS) is 12.2. The number of halogens is 4. The van der Waals surface area contributed by atoms with Gasteiger partial charge in [0.1, 0.15) is 11.7 Å². The molecule has 1 atom stereocenters. The third-order valence-electron chi connectivity index (χ3n) is 2.17. The monoisotopic (exact) mass is 265 g/mol. The molecule has 0 aliphatic heterocycles. The molecular formula is C10H11F4N3O. The number of carbonyl (C=O) groups is 1. The highest BCUT2D eigenvalue weighted by molar-refractivity contribution is 5.83. The molecule has 0 unspecified atom stereocenters. The molecule has 1 rings (SSSR count). The van der Waals surface area contributed by atoms with Crippen molar-refractivity contribution in [2.45, 2.75) is 13.0 Å². The standard InChI is InChI=1S/C10H11F4N3O/c1-4(10(18)17(2)3)15-7-5(11)8(13)16-9(14)6(7)12/h4H,1-3H3,(H,15,16)/t4-/m0/s1. The Kier molecular flexibility index (Phi) is 4.10. The van der Waals surface area contributed by atoms with Gasteiger partial charge >= 0.3 is 0 Å². The molecule has 1 amide bonds. The Bertz CT molecular complexity index is 452. The van der Waals surface area contributed by atoms with Crippen molar-refractivity contribution in [1.82, 2.24) is 9.88 Å². The predicted octanol–water partition coefficient (Wildman–Crippen LogP) is 1.53. The summed E-state index contributed by atoms with van der Waals surface area (Å²) in [4.78, 5) is 15.0. The van der Waals surface area contributed by atoms with Gasteiger partial charge in [-0.2, -0.15) is 22.5 Å². The van der Waals surface area contributed by atoms with E-state index in [2.05, 4.69) is 10.3 Å². The fourth-order valence-electron chi connectivity index (χ4n) is 1.28. The zero-order valence-corrected chi connectivity index (χ0v) is 9.89. The molecule has 1 aromatic heterocycles. The van der Waals surface area contributed by atoms with Gasteiger partial charge in [0.2, 0.25) is 17.5 Å². The maximum Gasteiger partial charge on any atom is 0.253 e. The molecule has 1 N–H and O–H groups in total. The second-order valence-corrected chi connectivity index (χ2v) is 3.80. The molecule has 18 heavy (non-hydrogen) atoms. The first-order valence-electron chi connectivity index (χ1n) is 4.93. The minimum absolute atomic E-state index is 0.508. The molecule has 0 bridgehead atoms. The van der Waals surface area contributed by atoms with Crippen LogP contribution in [0.15, 0.2) is 0 Å². The Morgan fingerprint density at radius 1 is 1.17 bits per heavy atom. The Morgan fingerprint density at radius 3 is 2.00 bits per heavy atom. The smallest absolute Gasteiger partial charge is 0.253 e. The summed E-state index contributed by atoms with van der Waals surface area (Å²) in [6.07, 6.45) is 0. The molecular weight excluding hydrogens is 254 g/mol. The Labute approximate surface area is 101 Å². The maximum atomic E-state index is 13.2. The van der Waals surface area contributed by atoms with Gasteiger partial charge in [0.25, 0.3) is 11.9 Å². The molecule has 100 valence electrons. The Hall–Kier alpha value is -1.86. The topological polar surface area (TPSA) is 45.2 Å². The summed E-state index contributed by atoms with van der Waals surface area (Å²) in [5, 5.41) is 2.08. The molecule has 0 saturated heterocycles. The molecule has 0 fully saturated rings. The van der Waals surface area contributed by atoms with E-state index in [1.54, 1.807) is 0 Å². The highest BCUT2D eigenvalue weighted by atomic mass is 19.2. The minimum Gasteiger partial charge on any atom is -0.369 e. The summed E-state index contributed by atoms with van der Waals surface area (Å²) in [7, 11) is 2.86. The number of amides is 1. The zero-order chi connectivity index (χ0) is 14.0. The zero-order valence-electron chi connectivity index (χ0n) is 9.89. The van der Waals surface area contributed by atoms with E-state index in [9.17, 15) is 22.4 Å². The lowest BCUT2D eigenvalue weighted by Crippen LogP contribution is -2.37. The van der Waals surface area contributed by atoms with Gasteiger partial charge < -0.3 is 10.2 Å². The Morgan fingerprint density at radius 2 is 1.61 bits per heavy atom. The Balaban J connectivity index is 3.08. The first-order valence-corrected chi connectivity index (χ1v) is 4.93. The van der Waals surface area contributed by atoms with E-state index in [0.717, 1.165) is 0 Å². The highest BCUT2D eigenvalue weighted by Gasteiger charge is 2.24. The van der Waals surface area contributed by atoms with Gasteiger partial charge in [-0.25, -0.2) is 0 Å². The van der Waals surface area contributed by atoms with Gasteiger partial charge in [-0.05, 0) is 6.92 Å². The van der Waals surface area contributed by atoms with E-state index < -0.39 is 41.2 Å². The van der Waals surface area contributed by atoms with Crippen LogP contribution in [0.2, 0.25) is 0 Å². The first kappa shape index (κ1) is 14.2. The number of nitrogens with one attached hydrogen (secondary N) is 1. The molecule has 0 aliphatic carbocycles. The molecule has 0 saturated carbocycles. The van der Waals surface area contributed by atoms with Crippen LogP contribution < -0.4 is 5.32 Å². The van der Waals surface area contributed by atoms with E-state index >= 15 is 0 Å². The van der Waals surface area contributed by atoms with Crippen LogP contribution in [0.25, 0.3) is 0 Å². The van der Waals surface area contributed by atoms with Crippen LogP contribution in [0.1, 0.15) is 6.92 Å². The summed E-state index contributed by atoms with van der Waals surface area (Å²) < 4.78 is 52.1. The van der Waals surface area contributed by atoms with Crippen LogP contribution in [-0.2, 0) is 4.79 Å². The summed E-state index contributed by atoms with van der Waals surface area (Å²) in [6.45, 7) is 1.30. The SMILES string of the molecule is C[C@H](Nc1c(F)c(F)nc(F)c1F)C(=O)N(C)C. The largest absolute Gasteiger partial charge is 0.369 e. The number of likely N-dealkylation sites (N-methyl/N-ethyl adjacent to an activating group) is 1. The predicted molar refractivity (Wildman–Crippen MR) is 55.8 cm³/mol. The van der Waals surface area contributed by atoms with Gasteiger partial charge in [0, 0.05) is 14.1 Å². The van der Waals surface area contributed by atoms with Crippen molar-refractivity contribution >= 4 is 11.6 Å². The average molecular weight is 265 g/mol. The number of hydrogen-bond acceptors (Lipinski definition) is 3. The van der Waals surface area contributed by atoms with Gasteiger partial charge in [-0.15, -0.1) is 0 Å². The van der Waals surface area contributed by atoms with Crippen LogP contribution in [0, 0.1) is 23.5 Å². The van der Waals surface area contributed by atoms with Crippen molar-refractivity contribution in [3.63, 3.8) is 0 Å². The van der Waals surface area contributed by atoms with Crippen LogP contribution in [0.3, 0.4) is 0 Å². The molecule has 0 radical (unpaired) electrons. The number of pyridine rings is 1. The number of carbonyl (C=O) groups excluding carboxylic acids is 1. The van der Waals surface area contributed by atoms with Crippen LogP contribution in [0.5, 0.6) is 0 Å². The lowest BCUT2D eigenvalue weighted by atomic mass is 10.2. The van der Waals surface area contributed by atoms with Gasteiger partial charge in [0.05, 0.1) is 0 Å². The number of rotatable bonds is 3. The van der Waals surface area contributed by atoms with E-state index in [0.29, 0.717) is 0 Å². The van der Waals surface area contributed by atoms with Crippen molar-refractivity contribution < 1.29 is 22.4 Å². The van der Waals surface area contributed by atoms with Crippen molar-refractivity contribution in [2.75, 3.05) is 19.4 Å². The van der Waals surface area contributed by atoms with Gasteiger partial charge in [-0.3, -0.25) is 4.79 Å². The number of anilines is 1. The molecule has 0 aliphatic rings. The van der Waals surface area contributed by atoms with E-state index in [-0.39, 0.29) is 0 Å². The van der Waals surface area contributed by atoms with E-state index in [1.165, 1.54) is 25.9 Å². The van der Waals surface area contributed by atoms with Crippen LogP contribution >= 0.6 is 0 Å². The molecule has 0 spiro atoms. The molecule has 0 aromatic carbocycles. The van der Waals surface area contributed by atoms with Crippen molar-refractivity contribution in [2.24, 2.45) is 0 Å². The molecule has 1 heterocycles. The van der Waals surface area contributed by atoms with Gasteiger partial charge in [0.15, 0.2) is 0 Å². The summed E-state index contributed by atoms with van der Waals surface area (Å²) in [5.74, 6) is -7.41. The second kappa shape index (κ2) is 5.19. The fourth-order valence-corrected chi connectivity index (χ4v) is 1.28. The third kappa shape index (κ3) is 2.69. The average Bonchev–Trinajstić information content (AvgIpc) is 2.30. The lowest BCUT2D eigenvalue weighted by Gasteiger charge is -2.19. The maximum absolute atomic E-state index is 13.2. The van der Waals surface area contributed by atoms with Crippen molar-refractivity contribution in [3.05, 3.63) is 23.5 Å². The van der Waals surface area contributed by atoms with E-state index in [1.807, 2.05) is 0 Å². The number of nitrogens with zero attached hydrogens (tertiary/aromatic N) is 2. The summed E-state index contributed by atoms with van der Waals surface area (Å²) in [5.41, 5.74) is -1.05. The van der Waals surface area contributed by atoms with Crippen LogP contribution in [0.4, 0.5) is 23.2 Å². The first-order chi connectivity index (χ1) is 8.25. The molecule has 1 aromatic rings. The fraction of sp³-hybridized carbons (Fsp3) is 0.400. The quantitative estimate of drug-likeness (QED) is 0.666. The molecule has 8 heteroatoms. The van der Waals surface area contributed by atoms with Gasteiger partial charge in [-0.1, -0.05) is 0 Å².